The van der Waals surface area contributed by atoms with Crippen LogP contribution in [-0.4, -0.2) is 38.0 Å². The Hall–Kier alpha value is -3.65. The van der Waals surface area contributed by atoms with Gasteiger partial charge in [-0.25, -0.2) is 13.2 Å². The lowest BCUT2D eigenvalue weighted by atomic mass is 10.1. The molecule has 3 aromatic rings. The van der Waals surface area contributed by atoms with Gasteiger partial charge < -0.3 is 15.4 Å². The molecule has 0 unspecified atom stereocenters. The summed E-state index contributed by atoms with van der Waals surface area (Å²) in [5.41, 5.74) is 8.33. The topological polar surface area (TPSA) is 114 Å². The highest BCUT2D eigenvalue weighted by Crippen LogP contribution is 2.29. The van der Waals surface area contributed by atoms with E-state index in [0.717, 1.165) is 5.56 Å². The molecule has 0 heterocycles. The molecule has 0 bridgehead atoms. The summed E-state index contributed by atoms with van der Waals surface area (Å²) >= 11 is 0. The van der Waals surface area contributed by atoms with Crippen molar-refractivity contribution < 1.29 is 17.9 Å². The fourth-order valence-electron chi connectivity index (χ4n) is 3.60. The monoisotopic (exact) mass is 479 g/mol. The van der Waals surface area contributed by atoms with E-state index < -0.39 is 15.9 Å². The molecule has 0 saturated carbocycles. The van der Waals surface area contributed by atoms with E-state index in [1.807, 2.05) is 19.9 Å². The van der Waals surface area contributed by atoms with Crippen LogP contribution in [0, 0.1) is 11.3 Å². The van der Waals surface area contributed by atoms with Crippen LogP contribution < -0.4 is 10.5 Å². The number of hydrogen-bond acceptors (Lipinski definition) is 5. The van der Waals surface area contributed by atoms with E-state index in [1.165, 1.54) is 6.26 Å². The van der Waals surface area contributed by atoms with Crippen molar-refractivity contribution in [2.24, 2.45) is 11.7 Å². The molecule has 178 valence electrons. The van der Waals surface area contributed by atoms with Crippen molar-refractivity contribution in [3.05, 3.63) is 83.9 Å². The average Bonchev–Trinajstić information content (AvgIpc) is 2.78. The van der Waals surface area contributed by atoms with Gasteiger partial charge in [0.25, 0.3) is 0 Å². The Bertz CT molecular complexity index is 1290. The number of hydrogen-bond donors (Lipinski definition) is 2. The zero-order chi connectivity index (χ0) is 24.9. The zero-order valence-corrected chi connectivity index (χ0v) is 20.3. The molecule has 0 aliphatic heterocycles. The summed E-state index contributed by atoms with van der Waals surface area (Å²) in [4.78, 5) is 14.8. The first-order chi connectivity index (χ1) is 16.0. The number of amides is 1. The van der Waals surface area contributed by atoms with Gasteiger partial charge in [-0.3, -0.25) is 5.41 Å². The number of sulfone groups is 1. The number of ether oxygens (including phenoxy) is 1. The number of nitrogens with one attached hydrogen (secondary N) is 1. The molecule has 3 aromatic carbocycles. The molecule has 3 N–H and O–H groups in total. The molecule has 0 aliphatic rings. The van der Waals surface area contributed by atoms with E-state index in [9.17, 15) is 13.2 Å². The van der Waals surface area contributed by atoms with Crippen molar-refractivity contribution >= 4 is 21.8 Å². The van der Waals surface area contributed by atoms with Crippen molar-refractivity contribution in [3.8, 4) is 16.9 Å². The minimum Gasteiger partial charge on any atom is -0.410 e. The van der Waals surface area contributed by atoms with Crippen molar-refractivity contribution in [2.75, 3.05) is 12.8 Å². The number of rotatable bonds is 8. The van der Waals surface area contributed by atoms with Crippen LogP contribution in [0.3, 0.4) is 0 Å². The maximum Gasteiger partial charge on any atom is 0.415 e. The first-order valence-corrected chi connectivity index (χ1v) is 12.7. The van der Waals surface area contributed by atoms with Crippen LogP contribution in [0.2, 0.25) is 0 Å². The number of carbonyl (C=O) groups is 1. The van der Waals surface area contributed by atoms with Gasteiger partial charge in [0, 0.05) is 30.5 Å². The Balaban J connectivity index is 1.79. The first kappa shape index (κ1) is 25.0. The second-order valence-electron chi connectivity index (χ2n) is 8.55. The minimum absolute atomic E-state index is 0.0302. The van der Waals surface area contributed by atoms with Crippen LogP contribution in [0.1, 0.15) is 25.0 Å². The van der Waals surface area contributed by atoms with Crippen molar-refractivity contribution in [3.63, 3.8) is 0 Å². The smallest absolute Gasteiger partial charge is 0.410 e. The lowest BCUT2D eigenvalue weighted by Crippen LogP contribution is -2.36. The van der Waals surface area contributed by atoms with Crippen LogP contribution in [-0.2, 0) is 16.4 Å². The van der Waals surface area contributed by atoms with Crippen LogP contribution in [0.4, 0.5) is 4.79 Å². The normalized spacial score (nSPS) is 11.3. The Kier molecular flexibility index (Phi) is 7.73. The van der Waals surface area contributed by atoms with Gasteiger partial charge in [0.15, 0.2) is 9.84 Å². The molecule has 7 nitrogen and oxygen atoms in total. The van der Waals surface area contributed by atoms with Crippen LogP contribution in [0.25, 0.3) is 11.1 Å². The molecule has 0 atom stereocenters. The van der Waals surface area contributed by atoms with Crippen LogP contribution >= 0.6 is 0 Å². The number of nitrogen functional groups attached to an aromatic ring is 1. The van der Waals surface area contributed by atoms with Gasteiger partial charge in [0.2, 0.25) is 0 Å². The maximum absolute atomic E-state index is 13.0. The van der Waals surface area contributed by atoms with E-state index in [1.54, 1.807) is 71.6 Å². The number of nitrogens with two attached hydrogens (primary N) is 1. The summed E-state index contributed by atoms with van der Waals surface area (Å²) in [6.45, 7) is 4.83. The molecule has 1 amide bonds. The Morgan fingerprint density at radius 1 is 1.03 bits per heavy atom. The Morgan fingerprint density at radius 3 is 2.32 bits per heavy atom. The van der Waals surface area contributed by atoms with Gasteiger partial charge in [-0.2, -0.15) is 0 Å². The van der Waals surface area contributed by atoms with Crippen molar-refractivity contribution in [1.29, 1.82) is 5.41 Å². The molecule has 0 aromatic heterocycles. The number of nitrogens with zero attached hydrogens (tertiary/aromatic N) is 1. The zero-order valence-electron chi connectivity index (χ0n) is 19.5. The number of amidine groups is 1. The molecule has 0 saturated heterocycles. The summed E-state index contributed by atoms with van der Waals surface area (Å²) in [6, 6.07) is 20.8. The third-order valence-electron chi connectivity index (χ3n) is 5.11. The SMILES string of the molecule is CC(C)CN(Cc1cccc(C(=N)N)c1)C(=O)Oc1ccc(-c2ccccc2S(C)(=O)=O)cc1. The van der Waals surface area contributed by atoms with Gasteiger partial charge in [-0.15, -0.1) is 0 Å². The van der Waals surface area contributed by atoms with Crippen LogP contribution in [0.5, 0.6) is 5.75 Å². The molecule has 0 aliphatic carbocycles. The summed E-state index contributed by atoms with van der Waals surface area (Å²) in [5, 5.41) is 7.63. The van der Waals surface area contributed by atoms with Gasteiger partial charge in [0.05, 0.1) is 4.90 Å². The molecule has 3 rings (SSSR count). The molecular formula is C26H29N3O4S. The molecule has 0 spiro atoms. The fourth-order valence-corrected chi connectivity index (χ4v) is 4.51. The second kappa shape index (κ2) is 10.5. The summed E-state index contributed by atoms with van der Waals surface area (Å²) in [6.07, 6.45) is 0.684. The average molecular weight is 480 g/mol. The van der Waals surface area contributed by atoms with E-state index in [0.29, 0.717) is 35.5 Å². The highest BCUT2D eigenvalue weighted by molar-refractivity contribution is 7.90. The standard InChI is InChI=1S/C26H29N3O4S/c1-18(2)16-29(17-19-7-6-8-21(15-19)25(27)28)26(30)33-22-13-11-20(12-14-22)23-9-4-5-10-24(23)34(3,31)32/h4-15,18H,16-17H2,1-3H3,(H3,27,28). The summed E-state index contributed by atoms with van der Waals surface area (Å²) in [7, 11) is -3.38. The maximum atomic E-state index is 13.0. The Labute approximate surface area is 200 Å². The molecule has 0 radical (unpaired) electrons. The van der Waals surface area contributed by atoms with Crippen LogP contribution in [0.15, 0.2) is 77.7 Å². The van der Waals surface area contributed by atoms with Crippen molar-refractivity contribution in [1.82, 2.24) is 4.90 Å². The van der Waals surface area contributed by atoms with Crippen molar-refractivity contribution in [2.45, 2.75) is 25.3 Å². The van der Waals surface area contributed by atoms with Gasteiger partial charge in [0.1, 0.15) is 11.6 Å². The third kappa shape index (κ3) is 6.45. The Morgan fingerprint density at radius 2 is 1.71 bits per heavy atom. The first-order valence-electron chi connectivity index (χ1n) is 10.8. The predicted octanol–water partition coefficient (Wildman–Crippen LogP) is 4.70. The summed E-state index contributed by atoms with van der Waals surface area (Å²) < 4.78 is 29.9. The minimum atomic E-state index is -3.38. The van der Waals surface area contributed by atoms with E-state index in [4.69, 9.17) is 15.9 Å². The quantitative estimate of drug-likeness (QED) is 0.359. The summed E-state index contributed by atoms with van der Waals surface area (Å²) in [5.74, 6) is 0.549. The molecule has 8 heteroatoms. The highest BCUT2D eigenvalue weighted by Gasteiger charge is 2.19. The van der Waals surface area contributed by atoms with Gasteiger partial charge in [-0.05, 0) is 41.3 Å². The van der Waals surface area contributed by atoms with E-state index in [-0.39, 0.29) is 16.6 Å². The highest BCUT2D eigenvalue weighted by atomic mass is 32.2. The third-order valence-corrected chi connectivity index (χ3v) is 6.27. The van der Waals surface area contributed by atoms with Gasteiger partial charge >= 0.3 is 6.09 Å². The van der Waals surface area contributed by atoms with E-state index >= 15 is 0 Å². The molecule has 0 fully saturated rings. The molecule has 34 heavy (non-hydrogen) atoms. The largest absolute Gasteiger partial charge is 0.415 e. The molecular weight excluding hydrogens is 450 g/mol. The lowest BCUT2D eigenvalue weighted by Gasteiger charge is -2.24. The fraction of sp³-hybridized carbons (Fsp3) is 0.231. The lowest BCUT2D eigenvalue weighted by molar-refractivity contribution is 0.143. The predicted molar refractivity (Wildman–Crippen MR) is 134 cm³/mol. The van der Waals surface area contributed by atoms with Gasteiger partial charge in [-0.1, -0.05) is 62.4 Å². The van der Waals surface area contributed by atoms with E-state index in [2.05, 4.69) is 0 Å². The number of benzene rings is 3. The number of carbonyl (C=O) groups excluding carboxylic acids is 1. The second-order valence-corrected chi connectivity index (χ2v) is 10.5.